The van der Waals surface area contributed by atoms with Crippen molar-refractivity contribution in [2.45, 2.75) is 6.42 Å². The van der Waals surface area contributed by atoms with E-state index in [4.69, 9.17) is 0 Å². The Morgan fingerprint density at radius 1 is 0.926 bits per heavy atom. The zero-order valence-corrected chi connectivity index (χ0v) is 14.0. The summed E-state index contributed by atoms with van der Waals surface area (Å²) in [5, 5.41) is 5.18. The molecule has 0 saturated heterocycles. The van der Waals surface area contributed by atoms with Gasteiger partial charge in [0.2, 0.25) is 5.95 Å². The van der Waals surface area contributed by atoms with Crippen LogP contribution in [0, 0.1) is 17.5 Å². The fourth-order valence-electron chi connectivity index (χ4n) is 2.32. The number of anilines is 2. The molecule has 5 nitrogen and oxygen atoms in total. The molecule has 0 unspecified atom stereocenters. The number of aromatic nitrogens is 2. The zero-order chi connectivity index (χ0) is 19.2. The van der Waals surface area contributed by atoms with Gasteiger partial charge in [-0.05, 0) is 24.1 Å². The van der Waals surface area contributed by atoms with Crippen molar-refractivity contribution in [3.8, 4) is 0 Å². The van der Waals surface area contributed by atoms with Gasteiger partial charge in [0.05, 0.1) is 11.3 Å². The summed E-state index contributed by atoms with van der Waals surface area (Å²) in [6.45, 7) is 0.607. The Morgan fingerprint density at radius 2 is 1.63 bits per heavy atom. The van der Waals surface area contributed by atoms with Crippen molar-refractivity contribution in [3.05, 3.63) is 83.4 Å². The number of carbonyl (C=O) groups excluding carboxylic acids is 1. The molecule has 0 spiro atoms. The van der Waals surface area contributed by atoms with E-state index >= 15 is 0 Å². The van der Waals surface area contributed by atoms with Crippen molar-refractivity contribution in [1.29, 1.82) is 0 Å². The maximum atomic E-state index is 13.6. The lowest BCUT2D eigenvalue weighted by atomic mass is 10.1. The van der Waals surface area contributed by atoms with E-state index in [2.05, 4.69) is 20.6 Å². The van der Waals surface area contributed by atoms with Gasteiger partial charge in [0, 0.05) is 18.9 Å². The van der Waals surface area contributed by atoms with E-state index in [1.807, 2.05) is 30.3 Å². The maximum absolute atomic E-state index is 13.6. The van der Waals surface area contributed by atoms with E-state index in [1.54, 1.807) is 0 Å². The molecule has 0 atom stereocenters. The second-order valence-electron chi connectivity index (χ2n) is 5.63. The molecule has 3 aromatic rings. The van der Waals surface area contributed by atoms with Gasteiger partial charge in [-0.15, -0.1) is 0 Å². The quantitative estimate of drug-likeness (QED) is 0.646. The first-order chi connectivity index (χ1) is 13.0. The van der Waals surface area contributed by atoms with Crippen molar-refractivity contribution in [1.82, 2.24) is 9.97 Å². The topological polar surface area (TPSA) is 66.9 Å². The first-order valence-electron chi connectivity index (χ1n) is 8.09. The van der Waals surface area contributed by atoms with Gasteiger partial charge in [-0.25, -0.2) is 23.1 Å². The predicted molar refractivity (Wildman–Crippen MR) is 94.9 cm³/mol. The van der Waals surface area contributed by atoms with Crippen LogP contribution in [0.25, 0.3) is 0 Å². The fraction of sp³-hybridized carbons (Fsp3) is 0.105. The van der Waals surface area contributed by atoms with Crippen molar-refractivity contribution in [2.75, 3.05) is 17.2 Å². The Labute approximate surface area is 153 Å². The van der Waals surface area contributed by atoms with Crippen LogP contribution in [0.15, 0.2) is 54.9 Å². The van der Waals surface area contributed by atoms with Crippen molar-refractivity contribution < 1.29 is 18.0 Å². The Balaban J connectivity index is 1.58. The van der Waals surface area contributed by atoms with Crippen molar-refractivity contribution in [2.24, 2.45) is 0 Å². The van der Waals surface area contributed by atoms with Crippen molar-refractivity contribution in [3.63, 3.8) is 0 Å². The smallest absolute Gasteiger partial charge is 0.258 e. The standard InChI is InChI=1S/C19H15F3N4O/c20-14-6-7-15(17(22)16(14)21)26-18(27)13-10-24-19(25-11-13)23-9-8-12-4-2-1-3-5-12/h1-7,10-11H,8-9H2,(H,26,27)(H,23,24,25). The molecule has 2 N–H and O–H groups in total. The van der Waals surface area contributed by atoms with E-state index in [0.717, 1.165) is 24.1 Å². The second-order valence-corrected chi connectivity index (χ2v) is 5.63. The lowest BCUT2D eigenvalue weighted by Gasteiger charge is -2.08. The highest BCUT2D eigenvalue weighted by atomic mass is 19.2. The molecule has 0 aliphatic heterocycles. The number of hydrogen-bond acceptors (Lipinski definition) is 4. The molecule has 138 valence electrons. The van der Waals surface area contributed by atoms with Crippen LogP contribution in [0.3, 0.4) is 0 Å². The summed E-state index contributed by atoms with van der Waals surface area (Å²) >= 11 is 0. The Hall–Kier alpha value is -3.42. The molecule has 0 radical (unpaired) electrons. The molecule has 1 aromatic heterocycles. The molecule has 0 aliphatic carbocycles. The molecule has 2 aromatic carbocycles. The molecule has 1 heterocycles. The molecule has 0 aliphatic rings. The van der Waals surface area contributed by atoms with E-state index < -0.39 is 29.0 Å². The van der Waals surface area contributed by atoms with Gasteiger partial charge in [-0.2, -0.15) is 0 Å². The molecule has 8 heteroatoms. The van der Waals surface area contributed by atoms with Crippen molar-refractivity contribution >= 4 is 17.5 Å². The lowest BCUT2D eigenvalue weighted by molar-refractivity contribution is 0.102. The van der Waals surface area contributed by atoms with E-state index in [0.29, 0.717) is 12.5 Å². The summed E-state index contributed by atoms with van der Waals surface area (Å²) < 4.78 is 39.7. The summed E-state index contributed by atoms with van der Waals surface area (Å²) in [7, 11) is 0. The minimum atomic E-state index is -1.65. The van der Waals surface area contributed by atoms with Gasteiger partial charge in [0.1, 0.15) is 0 Å². The van der Waals surface area contributed by atoms with E-state index in [9.17, 15) is 18.0 Å². The fourth-order valence-corrected chi connectivity index (χ4v) is 2.32. The van der Waals surface area contributed by atoms with Crippen LogP contribution in [0.2, 0.25) is 0 Å². The van der Waals surface area contributed by atoms with Crippen LogP contribution in [0.5, 0.6) is 0 Å². The van der Waals surface area contributed by atoms with Gasteiger partial charge in [-0.1, -0.05) is 30.3 Å². The Kier molecular flexibility index (Phi) is 5.65. The van der Waals surface area contributed by atoms with Crippen LogP contribution < -0.4 is 10.6 Å². The first-order valence-corrected chi connectivity index (χ1v) is 8.09. The van der Waals surface area contributed by atoms with Gasteiger partial charge < -0.3 is 10.6 Å². The Bertz CT molecular complexity index is 934. The van der Waals surface area contributed by atoms with E-state index in [-0.39, 0.29) is 5.56 Å². The zero-order valence-electron chi connectivity index (χ0n) is 14.0. The third-order valence-electron chi connectivity index (χ3n) is 3.74. The Morgan fingerprint density at radius 3 is 2.33 bits per heavy atom. The molecule has 3 rings (SSSR count). The van der Waals surface area contributed by atoms with Crippen LogP contribution in [0.1, 0.15) is 15.9 Å². The van der Waals surface area contributed by atoms with Crippen LogP contribution in [-0.2, 0) is 6.42 Å². The summed E-state index contributed by atoms with van der Waals surface area (Å²) in [5.41, 5.74) is 0.742. The summed E-state index contributed by atoms with van der Waals surface area (Å²) in [4.78, 5) is 20.1. The highest BCUT2D eigenvalue weighted by Gasteiger charge is 2.16. The average Bonchev–Trinajstić information content (AvgIpc) is 2.70. The number of hydrogen-bond donors (Lipinski definition) is 2. The monoisotopic (exact) mass is 372 g/mol. The predicted octanol–water partition coefficient (Wildman–Crippen LogP) is 3.80. The molecule has 0 fully saturated rings. The summed E-state index contributed by atoms with van der Waals surface area (Å²) in [6, 6.07) is 11.5. The average molecular weight is 372 g/mol. The molecule has 0 saturated carbocycles. The SMILES string of the molecule is O=C(Nc1ccc(F)c(F)c1F)c1cnc(NCCc2ccccc2)nc1. The highest BCUT2D eigenvalue weighted by Crippen LogP contribution is 2.20. The number of nitrogens with one attached hydrogen (secondary N) is 2. The molecular formula is C19H15F3N4O. The minimum Gasteiger partial charge on any atom is -0.354 e. The minimum absolute atomic E-state index is 0.0488. The molecule has 0 bridgehead atoms. The number of benzene rings is 2. The first kappa shape index (κ1) is 18.4. The molecular weight excluding hydrogens is 357 g/mol. The summed E-state index contributed by atoms with van der Waals surface area (Å²) in [5.74, 6) is -4.86. The third-order valence-corrected chi connectivity index (χ3v) is 3.74. The number of nitrogens with zero attached hydrogens (tertiary/aromatic N) is 2. The number of rotatable bonds is 6. The lowest BCUT2D eigenvalue weighted by Crippen LogP contribution is -2.15. The highest BCUT2D eigenvalue weighted by molar-refractivity contribution is 6.03. The van der Waals surface area contributed by atoms with Gasteiger partial charge in [0.25, 0.3) is 5.91 Å². The molecule has 1 amide bonds. The van der Waals surface area contributed by atoms with Gasteiger partial charge in [0.15, 0.2) is 17.5 Å². The van der Waals surface area contributed by atoms with Crippen LogP contribution in [0.4, 0.5) is 24.8 Å². The third kappa shape index (κ3) is 4.60. The normalized spacial score (nSPS) is 10.5. The summed E-state index contributed by atoms with van der Waals surface area (Å²) in [6.07, 6.45) is 3.29. The number of amides is 1. The number of halogens is 3. The van der Waals surface area contributed by atoms with Crippen LogP contribution >= 0.6 is 0 Å². The number of carbonyl (C=O) groups is 1. The largest absolute Gasteiger partial charge is 0.354 e. The van der Waals surface area contributed by atoms with Gasteiger partial charge >= 0.3 is 0 Å². The second kappa shape index (κ2) is 8.31. The molecule has 27 heavy (non-hydrogen) atoms. The maximum Gasteiger partial charge on any atom is 0.258 e. The van der Waals surface area contributed by atoms with Gasteiger partial charge in [-0.3, -0.25) is 4.79 Å². The van der Waals surface area contributed by atoms with E-state index in [1.165, 1.54) is 12.4 Å². The van der Waals surface area contributed by atoms with Crippen LogP contribution in [-0.4, -0.2) is 22.4 Å².